The molecule has 3 atom stereocenters. The molecule has 0 spiro atoms. The third kappa shape index (κ3) is 5.10. The van der Waals surface area contributed by atoms with Gasteiger partial charge in [0.05, 0.1) is 31.8 Å². The zero-order valence-electron chi connectivity index (χ0n) is 21.6. The third-order valence-corrected chi connectivity index (χ3v) is 7.43. The van der Waals surface area contributed by atoms with E-state index in [9.17, 15) is 9.59 Å². The van der Waals surface area contributed by atoms with E-state index in [4.69, 9.17) is 25.8 Å². The Morgan fingerprint density at radius 2 is 1.89 bits per heavy atom. The molecule has 8 heteroatoms. The summed E-state index contributed by atoms with van der Waals surface area (Å²) in [5, 5.41) is 3.42. The van der Waals surface area contributed by atoms with E-state index in [2.05, 4.69) is 5.32 Å². The van der Waals surface area contributed by atoms with Crippen molar-refractivity contribution in [3.05, 3.63) is 80.9 Å². The van der Waals surface area contributed by atoms with Crippen LogP contribution >= 0.6 is 11.6 Å². The van der Waals surface area contributed by atoms with Crippen molar-refractivity contribution in [1.82, 2.24) is 5.32 Å². The van der Waals surface area contributed by atoms with Gasteiger partial charge in [0.15, 0.2) is 17.3 Å². The van der Waals surface area contributed by atoms with Gasteiger partial charge in [0.1, 0.15) is 5.82 Å². The van der Waals surface area contributed by atoms with E-state index >= 15 is 4.39 Å². The number of methoxy groups -OCH3 is 2. The van der Waals surface area contributed by atoms with Crippen LogP contribution in [0.3, 0.4) is 0 Å². The zero-order chi connectivity index (χ0) is 26.9. The molecule has 1 N–H and O–H groups in total. The Kier molecular flexibility index (Phi) is 7.93. The lowest BCUT2D eigenvalue weighted by Crippen LogP contribution is -2.37. The summed E-state index contributed by atoms with van der Waals surface area (Å²) in [6.45, 7) is 5.44. The third-order valence-electron chi connectivity index (χ3n) is 7.10. The minimum atomic E-state index is -0.972. The highest BCUT2D eigenvalue weighted by atomic mass is 35.5. The van der Waals surface area contributed by atoms with Crippen molar-refractivity contribution in [3.63, 3.8) is 0 Å². The molecule has 0 unspecified atom stereocenters. The Balaban J connectivity index is 1.81. The van der Waals surface area contributed by atoms with E-state index < -0.39 is 17.7 Å². The fourth-order valence-corrected chi connectivity index (χ4v) is 5.33. The van der Waals surface area contributed by atoms with Gasteiger partial charge in [-0.15, -0.1) is 0 Å². The number of allylic oxidation sites excluding steroid dienone is 3. The van der Waals surface area contributed by atoms with Gasteiger partial charge in [0.25, 0.3) is 0 Å². The fourth-order valence-electron chi connectivity index (χ4n) is 5.06. The minimum absolute atomic E-state index is 0.103. The van der Waals surface area contributed by atoms with Crippen molar-refractivity contribution in [1.29, 1.82) is 0 Å². The number of Topliss-reactive ketones (excluding diaryl/α,β-unsaturated/α-hetero) is 1. The van der Waals surface area contributed by atoms with Gasteiger partial charge in [-0.1, -0.05) is 30.7 Å². The summed E-state index contributed by atoms with van der Waals surface area (Å²) in [6, 6.07) is 9.95. The predicted molar refractivity (Wildman–Crippen MR) is 139 cm³/mol. The van der Waals surface area contributed by atoms with Crippen molar-refractivity contribution in [2.24, 2.45) is 0 Å². The minimum Gasteiger partial charge on any atom is -0.493 e. The summed E-state index contributed by atoms with van der Waals surface area (Å²) < 4.78 is 31.7. The number of hydrogen-bond donors (Lipinski definition) is 1. The molecule has 2 aromatic carbocycles. The topological polar surface area (TPSA) is 73.9 Å². The average Bonchev–Trinajstić information content (AvgIpc) is 2.87. The van der Waals surface area contributed by atoms with Crippen LogP contribution in [0.5, 0.6) is 11.5 Å². The maximum atomic E-state index is 15.3. The molecule has 0 bridgehead atoms. The van der Waals surface area contributed by atoms with Crippen LogP contribution in [0, 0.1) is 5.82 Å². The van der Waals surface area contributed by atoms with E-state index in [0.29, 0.717) is 41.3 Å². The highest BCUT2D eigenvalue weighted by Crippen LogP contribution is 2.48. The molecule has 37 heavy (non-hydrogen) atoms. The predicted octanol–water partition coefficient (Wildman–Crippen LogP) is 6.20. The fraction of sp³-hybridized carbons (Fsp3) is 0.379. The second kappa shape index (κ2) is 11.0. The highest BCUT2D eigenvalue weighted by molar-refractivity contribution is 6.31. The van der Waals surface area contributed by atoms with Crippen LogP contribution < -0.4 is 14.8 Å². The first-order valence-electron chi connectivity index (χ1n) is 12.3. The zero-order valence-corrected chi connectivity index (χ0v) is 22.4. The van der Waals surface area contributed by atoms with Crippen LogP contribution in [0.4, 0.5) is 4.39 Å². The number of ketones is 1. The molecule has 196 valence electrons. The van der Waals surface area contributed by atoms with Gasteiger partial charge in [-0.25, -0.2) is 9.18 Å². The van der Waals surface area contributed by atoms with Gasteiger partial charge in [-0.3, -0.25) is 4.79 Å². The van der Waals surface area contributed by atoms with Crippen molar-refractivity contribution in [2.75, 3.05) is 14.2 Å². The first kappa shape index (κ1) is 26.7. The summed E-state index contributed by atoms with van der Waals surface area (Å²) in [4.78, 5) is 27.1. The molecular weight excluding hydrogens is 497 g/mol. The average molecular weight is 528 g/mol. The molecule has 2 aromatic rings. The van der Waals surface area contributed by atoms with Crippen molar-refractivity contribution in [3.8, 4) is 11.5 Å². The number of nitrogens with one attached hydrogen (secondary N) is 1. The molecule has 1 heterocycles. The smallest absolute Gasteiger partial charge is 0.337 e. The van der Waals surface area contributed by atoms with E-state index in [0.717, 1.165) is 5.56 Å². The lowest BCUT2D eigenvalue weighted by Gasteiger charge is -2.37. The van der Waals surface area contributed by atoms with Crippen LogP contribution in [0.25, 0.3) is 0 Å². The maximum absolute atomic E-state index is 15.3. The van der Waals surface area contributed by atoms with Crippen molar-refractivity contribution >= 4 is 23.4 Å². The molecule has 0 radical (unpaired) electrons. The second-order valence-corrected chi connectivity index (χ2v) is 9.80. The number of ether oxygens (including phenoxy) is 3. The summed E-state index contributed by atoms with van der Waals surface area (Å²) in [6.07, 6.45) is 0.961. The molecule has 0 saturated carbocycles. The van der Waals surface area contributed by atoms with E-state index in [1.165, 1.54) is 12.1 Å². The molecule has 1 aliphatic carbocycles. The quantitative estimate of drug-likeness (QED) is 0.432. The largest absolute Gasteiger partial charge is 0.493 e. The molecule has 0 aromatic heterocycles. The van der Waals surface area contributed by atoms with E-state index in [1.54, 1.807) is 34.1 Å². The van der Waals surface area contributed by atoms with Crippen LogP contribution in [0.2, 0.25) is 5.02 Å². The molecule has 1 aliphatic heterocycles. The van der Waals surface area contributed by atoms with Gasteiger partial charge >= 0.3 is 5.97 Å². The van der Waals surface area contributed by atoms with E-state index in [-0.39, 0.29) is 40.4 Å². The monoisotopic (exact) mass is 527 g/mol. The molecule has 6 nitrogen and oxygen atoms in total. The van der Waals surface area contributed by atoms with E-state index in [1.807, 2.05) is 25.1 Å². The normalized spacial score (nSPS) is 20.2. The van der Waals surface area contributed by atoms with Crippen LogP contribution in [0.1, 0.15) is 63.0 Å². The molecule has 0 fully saturated rings. The van der Waals surface area contributed by atoms with Crippen LogP contribution in [-0.2, 0) is 14.3 Å². The molecule has 0 saturated heterocycles. The molecule has 2 aliphatic rings. The maximum Gasteiger partial charge on any atom is 0.337 e. The van der Waals surface area contributed by atoms with Gasteiger partial charge in [0.2, 0.25) is 0 Å². The molecular formula is C29H31ClFNO5. The number of halogens is 2. The Bertz CT molecular complexity index is 1280. The van der Waals surface area contributed by atoms with Crippen molar-refractivity contribution in [2.45, 2.75) is 58.0 Å². The molecule has 0 amide bonds. The number of rotatable bonds is 7. The number of hydrogen-bond acceptors (Lipinski definition) is 6. The van der Waals surface area contributed by atoms with Gasteiger partial charge in [-0.2, -0.15) is 0 Å². The molecule has 4 rings (SSSR count). The lowest BCUT2D eigenvalue weighted by atomic mass is 9.71. The lowest BCUT2D eigenvalue weighted by molar-refractivity contribution is -0.144. The summed E-state index contributed by atoms with van der Waals surface area (Å²) >= 11 is 6.48. The number of carbonyl (C=O) groups excluding carboxylic acids is 2. The first-order chi connectivity index (χ1) is 17.7. The number of benzene rings is 2. The Hall–Kier alpha value is -3.32. The van der Waals surface area contributed by atoms with Gasteiger partial charge in [-0.05, 0) is 62.4 Å². The Morgan fingerprint density at radius 1 is 1.16 bits per heavy atom. The summed E-state index contributed by atoms with van der Waals surface area (Å²) in [5.41, 5.74) is 2.74. The summed E-state index contributed by atoms with van der Waals surface area (Å²) in [7, 11) is 3.13. The Morgan fingerprint density at radius 3 is 2.54 bits per heavy atom. The number of carbonyl (C=O) groups is 2. The van der Waals surface area contributed by atoms with Crippen molar-refractivity contribution < 1.29 is 28.2 Å². The first-order valence-corrected chi connectivity index (χ1v) is 12.7. The number of dihydropyridines is 1. The Labute approximate surface area is 221 Å². The van der Waals surface area contributed by atoms with Crippen LogP contribution in [-0.4, -0.2) is 32.1 Å². The SMILES string of the molecule is CC[C@H](C)OC(=O)C1=C(C)NC2=C(C(=O)C[C@H](c3ccc(OC)c(OC)c3)C2)[C@H]1c1c(F)cccc1Cl. The van der Waals surface area contributed by atoms with Crippen LogP contribution in [0.15, 0.2) is 58.9 Å². The standard InChI is InChI=1S/C29H31ClFNO5/c1-6-15(2)37-29(34)25-16(3)32-21-12-18(17-10-11-23(35-4)24(14-17)36-5)13-22(33)27(21)28(25)26-19(30)8-7-9-20(26)31/h7-11,14-15,18,28,32H,6,12-13H2,1-5H3/t15-,18+,28+/m0/s1. The summed E-state index contributed by atoms with van der Waals surface area (Å²) in [5.74, 6) is -1.29. The highest BCUT2D eigenvalue weighted by Gasteiger charge is 2.43. The van der Waals surface area contributed by atoms with Gasteiger partial charge in [0, 0.05) is 34.0 Å². The van der Waals surface area contributed by atoms with Gasteiger partial charge < -0.3 is 19.5 Å². The second-order valence-electron chi connectivity index (χ2n) is 9.39. The number of esters is 1.